The van der Waals surface area contributed by atoms with Gasteiger partial charge in [-0.15, -0.1) is 0 Å². The van der Waals surface area contributed by atoms with E-state index in [1.807, 2.05) is 0 Å². The van der Waals surface area contributed by atoms with Gasteiger partial charge in [0.1, 0.15) is 17.2 Å². The second-order valence-electron chi connectivity index (χ2n) is 6.58. The van der Waals surface area contributed by atoms with Crippen molar-refractivity contribution in [3.05, 3.63) is 46.6 Å². The van der Waals surface area contributed by atoms with Gasteiger partial charge in [-0.1, -0.05) is 41.0 Å². The van der Waals surface area contributed by atoms with Crippen molar-refractivity contribution in [2.24, 2.45) is 11.7 Å². The van der Waals surface area contributed by atoms with Crippen molar-refractivity contribution in [2.45, 2.75) is 25.6 Å². The van der Waals surface area contributed by atoms with Crippen LogP contribution in [0.15, 0.2) is 36.0 Å². The van der Waals surface area contributed by atoms with Gasteiger partial charge in [-0.2, -0.15) is 13.2 Å². The number of nitrogens with one attached hydrogen (secondary N) is 1. The van der Waals surface area contributed by atoms with Gasteiger partial charge >= 0.3 is 6.18 Å². The van der Waals surface area contributed by atoms with Crippen molar-refractivity contribution >= 4 is 34.4 Å². The molecule has 1 aliphatic heterocycles. The minimum atomic E-state index is -4.88. The maximum atomic E-state index is 12.7. The molecule has 0 spiro atoms. The lowest BCUT2D eigenvalue weighted by Gasteiger charge is -2.31. The van der Waals surface area contributed by atoms with Gasteiger partial charge in [-0.3, -0.25) is 10.2 Å². The molecule has 0 aromatic heterocycles. The minimum Gasteiger partial charge on any atom is -0.616 e. The zero-order valence-corrected chi connectivity index (χ0v) is 16.5. The topological polar surface area (TPSA) is 93.2 Å². The first-order chi connectivity index (χ1) is 13.1. The largest absolute Gasteiger partial charge is 0.616 e. The fourth-order valence-electron chi connectivity index (χ4n) is 2.87. The van der Waals surface area contributed by atoms with E-state index in [0.29, 0.717) is 41.0 Å². The molecule has 2 rings (SSSR count). The highest BCUT2D eigenvalue weighted by Crippen LogP contribution is 2.24. The molecule has 1 aliphatic rings. The van der Waals surface area contributed by atoms with Crippen molar-refractivity contribution in [1.29, 1.82) is 5.41 Å². The number of hydrogen-bond acceptors (Lipinski definition) is 4. The highest BCUT2D eigenvalue weighted by Gasteiger charge is 2.34. The van der Waals surface area contributed by atoms with E-state index in [0.717, 1.165) is 0 Å². The Kier molecular flexibility index (Phi) is 7.79. The van der Waals surface area contributed by atoms with E-state index >= 15 is 0 Å². The summed E-state index contributed by atoms with van der Waals surface area (Å²) in [6.07, 6.45) is -3.24. The van der Waals surface area contributed by atoms with Gasteiger partial charge in [0.25, 0.3) is 5.91 Å². The van der Waals surface area contributed by atoms with Crippen LogP contribution in [0.1, 0.15) is 18.4 Å². The van der Waals surface area contributed by atoms with Crippen LogP contribution in [-0.2, 0) is 22.5 Å². The Hall–Kier alpha value is -1.71. The fraction of sp³-hybridized carbons (Fsp3) is 0.444. The van der Waals surface area contributed by atoms with Crippen LogP contribution in [0.5, 0.6) is 0 Å². The Morgan fingerprint density at radius 2 is 1.96 bits per heavy atom. The highest BCUT2D eigenvalue weighted by atomic mass is 35.5. The number of carbonyl (C=O) groups excluding carboxylic acids is 1. The number of allylic oxidation sites excluding steroid dienone is 1. The van der Waals surface area contributed by atoms with E-state index in [1.54, 1.807) is 24.3 Å². The molecule has 1 aromatic rings. The minimum absolute atomic E-state index is 0.0685. The molecule has 0 bridgehead atoms. The molecule has 1 heterocycles. The van der Waals surface area contributed by atoms with Gasteiger partial charge in [0.05, 0.1) is 5.70 Å². The Labute approximate surface area is 169 Å². The van der Waals surface area contributed by atoms with Crippen molar-refractivity contribution in [3.63, 3.8) is 0 Å². The van der Waals surface area contributed by atoms with Crippen LogP contribution in [0, 0.1) is 11.3 Å². The van der Waals surface area contributed by atoms with E-state index in [9.17, 15) is 22.5 Å². The summed E-state index contributed by atoms with van der Waals surface area (Å²) in [4.78, 5) is 14.1. The fourth-order valence-corrected chi connectivity index (χ4v) is 4.46. The van der Waals surface area contributed by atoms with Crippen LogP contribution in [0.2, 0.25) is 5.02 Å². The van der Waals surface area contributed by atoms with Crippen LogP contribution < -0.4 is 5.73 Å². The lowest BCUT2D eigenvalue weighted by molar-refractivity contribution is -0.128. The molecule has 0 aliphatic carbocycles. The Morgan fingerprint density at radius 1 is 1.36 bits per heavy atom. The van der Waals surface area contributed by atoms with Gasteiger partial charge in [-0.05, 0) is 36.5 Å². The Balaban J connectivity index is 2.21. The number of rotatable bonds is 6. The molecule has 1 saturated heterocycles. The summed E-state index contributed by atoms with van der Waals surface area (Å²) in [5.41, 5.74) is 3.87. The molecule has 1 aromatic carbocycles. The van der Waals surface area contributed by atoms with Crippen LogP contribution in [-0.4, -0.2) is 45.3 Å². The Bertz CT molecular complexity index is 750. The van der Waals surface area contributed by atoms with E-state index in [-0.39, 0.29) is 19.0 Å². The molecule has 0 atom stereocenters. The molecular weight excluding hydrogens is 415 g/mol. The lowest BCUT2D eigenvalue weighted by atomic mass is 10.0. The van der Waals surface area contributed by atoms with Crippen molar-refractivity contribution in [1.82, 2.24) is 4.90 Å². The number of nitrogens with two attached hydrogens (primary N) is 1. The molecule has 0 unspecified atom stereocenters. The maximum Gasteiger partial charge on any atom is 0.432 e. The summed E-state index contributed by atoms with van der Waals surface area (Å²) in [6, 6.07) is 6.84. The third kappa shape index (κ3) is 6.42. The van der Waals surface area contributed by atoms with Crippen LogP contribution in [0.25, 0.3) is 0 Å². The summed E-state index contributed by atoms with van der Waals surface area (Å²) in [5, 5.41) is 7.45. The van der Waals surface area contributed by atoms with Crippen LogP contribution >= 0.6 is 11.6 Å². The zero-order chi connectivity index (χ0) is 20.9. The second kappa shape index (κ2) is 9.67. The number of alkyl halides is 3. The summed E-state index contributed by atoms with van der Waals surface area (Å²) >= 11 is 5.28. The van der Waals surface area contributed by atoms with Gasteiger partial charge < -0.3 is 15.2 Å². The molecule has 0 radical (unpaired) electrons. The first kappa shape index (κ1) is 22.6. The molecule has 28 heavy (non-hydrogen) atoms. The average molecular weight is 436 g/mol. The maximum absolute atomic E-state index is 12.7. The van der Waals surface area contributed by atoms with Gasteiger partial charge in [0.2, 0.25) is 0 Å². The van der Waals surface area contributed by atoms with Crippen molar-refractivity contribution < 1.29 is 22.5 Å². The van der Waals surface area contributed by atoms with E-state index in [2.05, 4.69) is 0 Å². The van der Waals surface area contributed by atoms with E-state index in [1.165, 1.54) is 4.90 Å². The third-order valence-corrected chi connectivity index (χ3v) is 6.20. The first-order valence-corrected chi connectivity index (χ1v) is 10.4. The predicted molar refractivity (Wildman–Crippen MR) is 104 cm³/mol. The number of carbonyl (C=O) groups is 1. The normalized spacial score (nSPS) is 20.7. The first-order valence-electron chi connectivity index (χ1n) is 8.58. The molecule has 3 N–H and O–H groups in total. The van der Waals surface area contributed by atoms with Crippen LogP contribution in [0.3, 0.4) is 0 Å². The molecule has 0 saturated carbocycles. The molecule has 1 amide bonds. The van der Waals surface area contributed by atoms with E-state index in [4.69, 9.17) is 22.7 Å². The molecule has 1 fully saturated rings. The monoisotopic (exact) mass is 435 g/mol. The SMILES string of the molecule is N=C(/C=C(\N)C(=O)N(Cc1ccccc1Cl)CC1CC[S+]([O-])CC1)C(F)(F)F. The number of hydrogen-bond donors (Lipinski definition) is 2. The predicted octanol–water partition coefficient (Wildman–Crippen LogP) is 3.25. The molecule has 5 nitrogen and oxygen atoms in total. The van der Waals surface area contributed by atoms with E-state index < -0.39 is 34.7 Å². The standard InChI is InChI=1S/C18H21ClF3N3O2S/c19-14-4-2-1-3-13(14)11-25(10-12-5-7-28(27)8-6-12)17(26)15(23)9-16(24)18(20,21)22/h1-4,9,12,24H,5-8,10-11,23H2/b15-9-,24-16?. The zero-order valence-electron chi connectivity index (χ0n) is 15.0. The molecular formula is C18H21ClF3N3O2S. The quantitative estimate of drug-likeness (QED) is 0.408. The summed E-state index contributed by atoms with van der Waals surface area (Å²) in [6.45, 7) is 0.334. The number of amides is 1. The smallest absolute Gasteiger partial charge is 0.432 e. The van der Waals surface area contributed by atoms with Gasteiger partial charge in [0.15, 0.2) is 0 Å². The molecule has 154 valence electrons. The third-order valence-electron chi connectivity index (χ3n) is 4.44. The number of halogens is 4. The molecule has 10 heteroatoms. The lowest BCUT2D eigenvalue weighted by Crippen LogP contribution is -2.40. The highest BCUT2D eigenvalue weighted by molar-refractivity contribution is 7.91. The van der Waals surface area contributed by atoms with Gasteiger partial charge in [0, 0.05) is 18.1 Å². The Morgan fingerprint density at radius 3 is 2.54 bits per heavy atom. The van der Waals surface area contributed by atoms with Crippen molar-refractivity contribution in [2.75, 3.05) is 18.1 Å². The number of nitrogens with zero attached hydrogens (tertiary/aromatic N) is 1. The summed E-state index contributed by atoms with van der Waals surface area (Å²) in [5.74, 6) is 0.339. The summed E-state index contributed by atoms with van der Waals surface area (Å²) in [7, 11) is 0. The van der Waals surface area contributed by atoms with Gasteiger partial charge in [-0.25, -0.2) is 0 Å². The number of benzene rings is 1. The van der Waals surface area contributed by atoms with Crippen LogP contribution in [0.4, 0.5) is 13.2 Å². The second-order valence-corrected chi connectivity index (χ2v) is 8.68. The summed E-state index contributed by atoms with van der Waals surface area (Å²) < 4.78 is 49.3. The van der Waals surface area contributed by atoms with Crippen molar-refractivity contribution in [3.8, 4) is 0 Å². The average Bonchev–Trinajstić information content (AvgIpc) is 2.63.